The third kappa shape index (κ3) is 67.0. The molecule has 0 bridgehead atoms. The van der Waals surface area contributed by atoms with Gasteiger partial charge in [-0.15, -0.1) is 0 Å². The van der Waals surface area contributed by atoms with Crippen molar-refractivity contribution in [3.8, 4) is 0 Å². The molecule has 0 heterocycles. The van der Waals surface area contributed by atoms with Crippen molar-refractivity contribution in [3.05, 3.63) is 97.2 Å². The lowest BCUT2D eigenvalue weighted by Gasteiger charge is -2.18. The lowest BCUT2D eigenvalue weighted by atomic mass is 10.0. The lowest BCUT2D eigenvalue weighted by molar-refractivity contribution is -0.167. The molecule has 0 fully saturated rings. The summed E-state index contributed by atoms with van der Waals surface area (Å²) in [5.74, 6) is -0.880. The normalized spacial score (nSPS) is 12.7. The maximum Gasteiger partial charge on any atom is 0.306 e. The van der Waals surface area contributed by atoms with Crippen molar-refractivity contribution >= 4 is 17.9 Å². The maximum atomic E-state index is 12.9. The number of unbranched alkanes of at least 4 members (excludes halogenated alkanes) is 36. The number of hydrogen-bond donors (Lipinski definition) is 0. The minimum absolute atomic E-state index is 0.0803. The van der Waals surface area contributed by atoms with Crippen LogP contribution in [0.25, 0.3) is 0 Å². The van der Waals surface area contributed by atoms with Crippen LogP contribution in [0.3, 0.4) is 0 Å². The SMILES string of the molecule is CC/C=C\C/C=C\C/C=C\C/C=C\C/C=C\CCCCCCCCCCCCCC(=O)OCC(COC(=O)CCCCCCCCCCCCCCCCC)OC(=O)CCCCCCCC/C=C\C/C=C\C/C=C\CCCCCCC. The molecule has 0 N–H and O–H groups in total. The number of ether oxygens (including phenoxy) is 3. The molecule has 0 saturated carbocycles. The average Bonchev–Trinajstić information content (AvgIpc) is 3.47. The van der Waals surface area contributed by atoms with Gasteiger partial charge >= 0.3 is 17.9 Å². The summed E-state index contributed by atoms with van der Waals surface area (Å²) >= 11 is 0. The van der Waals surface area contributed by atoms with Crippen LogP contribution in [0, 0.1) is 0 Å². The third-order valence-corrected chi connectivity index (χ3v) is 15.1. The standard InChI is InChI=1S/C75H130O6/c1-4-7-10-13-16-19-22-25-28-30-32-34-35-36-37-38-39-41-42-44-47-50-53-56-59-62-65-68-74(77)80-71-72(70-79-73(76)67-64-61-58-55-52-49-46-27-24-21-18-15-12-9-6-3)81-75(78)69-66-63-60-57-54-51-48-45-43-40-33-31-29-26-23-20-17-14-11-8-5-2/h7,10,16,19,23,25-26,28,31-34,36-37,43,45,72H,4-6,8-9,11-15,17-18,20-22,24,27,29-30,35,38-42,44,46-71H2,1-3H3/b10-7-,19-16-,26-23-,28-25-,33-31-,34-32-,37-36-,45-43-. The van der Waals surface area contributed by atoms with Crippen LogP contribution in [-0.2, 0) is 28.6 Å². The molecule has 0 radical (unpaired) electrons. The Morgan fingerprint density at radius 3 is 0.753 bits per heavy atom. The van der Waals surface area contributed by atoms with Gasteiger partial charge in [-0.25, -0.2) is 0 Å². The Kier molecular flexibility index (Phi) is 65.7. The molecule has 466 valence electrons. The number of hydrogen-bond acceptors (Lipinski definition) is 6. The van der Waals surface area contributed by atoms with E-state index >= 15 is 0 Å². The van der Waals surface area contributed by atoms with E-state index in [1.165, 1.54) is 186 Å². The molecule has 0 amide bonds. The molecule has 0 rings (SSSR count). The van der Waals surface area contributed by atoms with Gasteiger partial charge in [-0.3, -0.25) is 14.4 Å². The van der Waals surface area contributed by atoms with Crippen LogP contribution in [0.15, 0.2) is 97.2 Å². The van der Waals surface area contributed by atoms with Crippen LogP contribution in [0.5, 0.6) is 0 Å². The van der Waals surface area contributed by atoms with E-state index in [9.17, 15) is 14.4 Å². The Morgan fingerprint density at radius 2 is 0.481 bits per heavy atom. The second kappa shape index (κ2) is 68.8. The molecule has 1 atom stereocenters. The Morgan fingerprint density at radius 1 is 0.259 bits per heavy atom. The zero-order valence-electron chi connectivity index (χ0n) is 53.5. The summed E-state index contributed by atoms with van der Waals surface area (Å²) in [6.45, 7) is 6.55. The highest BCUT2D eigenvalue weighted by molar-refractivity contribution is 5.71. The number of allylic oxidation sites excluding steroid dienone is 16. The van der Waals surface area contributed by atoms with Crippen molar-refractivity contribution in [2.75, 3.05) is 13.2 Å². The van der Waals surface area contributed by atoms with Crippen LogP contribution in [0.1, 0.15) is 342 Å². The molecule has 0 saturated heterocycles. The Balaban J connectivity index is 4.35. The van der Waals surface area contributed by atoms with Gasteiger partial charge in [-0.05, 0) is 103 Å². The van der Waals surface area contributed by atoms with Crippen molar-refractivity contribution < 1.29 is 28.6 Å². The van der Waals surface area contributed by atoms with Crippen molar-refractivity contribution in [3.63, 3.8) is 0 Å². The summed E-state index contributed by atoms with van der Waals surface area (Å²) in [5, 5.41) is 0. The maximum absolute atomic E-state index is 12.9. The molecular weight excluding hydrogens is 997 g/mol. The van der Waals surface area contributed by atoms with Gasteiger partial charge in [0, 0.05) is 19.3 Å². The zero-order valence-corrected chi connectivity index (χ0v) is 53.5. The highest BCUT2D eigenvalue weighted by Crippen LogP contribution is 2.17. The van der Waals surface area contributed by atoms with E-state index in [1.54, 1.807) is 0 Å². The minimum Gasteiger partial charge on any atom is -0.462 e. The van der Waals surface area contributed by atoms with Crippen molar-refractivity contribution in [1.29, 1.82) is 0 Å². The number of carbonyl (C=O) groups excluding carboxylic acids is 3. The molecule has 0 spiro atoms. The Bertz CT molecular complexity index is 1580. The van der Waals surface area contributed by atoms with Crippen molar-refractivity contribution in [2.24, 2.45) is 0 Å². The summed E-state index contributed by atoms with van der Waals surface area (Å²) in [7, 11) is 0. The molecule has 0 aromatic carbocycles. The fraction of sp³-hybridized carbons (Fsp3) is 0.747. The van der Waals surface area contributed by atoms with Crippen LogP contribution >= 0.6 is 0 Å². The van der Waals surface area contributed by atoms with E-state index in [1.807, 2.05) is 0 Å². The Hall–Kier alpha value is -3.67. The van der Waals surface area contributed by atoms with E-state index in [-0.39, 0.29) is 31.1 Å². The first-order chi connectivity index (χ1) is 40.0. The number of rotatable bonds is 63. The molecule has 81 heavy (non-hydrogen) atoms. The first-order valence-corrected chi connectivity index (χ1v) is 34.7. The molecular formula is C75H130O6. The van der Waals surface area contributed by atoms with Gasteiger partial charge < -0.3 is 14.2 Å². The molecule has 0 aliphatic heterocycles. The van der Waals surface area contributed by atoms with Crippen LogP contribution < -0.4 is 0 Å². The molecule has 0 aromatic rings. The molecule has 6 heteroatoms. The van der Waals surface area contributed by atoms with Crippen molar-refractivity contribution in [1.82, 2.24) is 0 Å². The zero-order chi connectivity index (χ0) is 58.5. The van der Waals surface area contributed by atoms with Gasteiger partial charge in [0.2, 0.25) is 0 Å². The molecule has 0 aliphatic rings. The second-order valence-electron chi connectivity index (χ2n) is 23.1. The highest BCUT2D eigenvalue weighted by Gasteiger charge is 2.19. The summed E-state index contributed by atoms with van der Waals surface area (Å²) in [4.78, 5) is 38.4. The van der Waals surface area contributed by atoms with Gasteiger partial charge in [0.05, 0.1) is 0 Å². The van der Waals surface area contributed by atoms with Gasteiger partial charge in [-0.2, -0.15) is 0 Å². The van der Waals surface area contributed by atoms with E-state index in [0.29, 0.717) is 19.3 Å². The summed E-state index contributed by atoms with van der Waals surface area (Å²) in [6.07, 6.45) is 92.7. The van der Waals surface area contributed by atoms with Gasteiger partial charge in [0.25, 0.3) is 0 Å². The van der Waals surface area contributed by atoms with E-state index in [2.05, 4.69) is 118 Å². The highest BCUT2D eigenvalue weighted by atomic mass is 16.6. The summed E-state index contributed by atoms with van der Waals surface area (Å²) in [5.41, 5.74) is 0. The van der Waals surface area contributed by atoms with Gasteiger partial charge in [-0.1, -0.05) is 317 Å². The van der Waals surface area contributed by atoms with E-state index < -0.39 is 6.10 Å². The minimum atomic E-state index is -0.786. The predicted octanol–water partition coefficient (Wildman–Crippen LogP) is 24.0. The summed E-state index contributed by atoms with van der Waals surface area (Å²) < 4.78 is 17.0. The quantitative estimate of drug-likeness (QED) is 0.0261. The van der Waals surface area contributed by atoms with E-state index in [4.69, 9.17) is 14.2 Å². The van der Waals surface area contributed by atoms with E-state index in [0.717, 1.165) is 116 Å². The second-order valence-corrected chi connectivity index (χ2v) is 23.1. The monoisotopic (exact) mass is 1130 g/mol. The van der Waals surface area contributed by atoms with Crippen LogP contribution in [0.4, 0.5) is 0 Å². The number of carbonyl (C=O) groups is 3. The molecule has 0 aromatic heterocycles. The fourth-order valence-corrected chi connectivity index (χ4v) is 9.89. The Labute approximate surface area is 502 Å². The molecule has 1 unspecified atom stereocenters. The lowest BCUT2D eigenvalue weighted by Crippen LogP contribution is -2.30. The van der Waals surface area contributed by atoms with Crippen LogP contribution in [-0.4, -0.2) is 37.2 Å². The third-order valence-electron chi connectivity index (χ3n) is 15.1. The molecule has 6 nitrogen and oxygen atoms in total. The van der Waals surface area contributed by atoms with Gasteiger partial charge in [0.1, 0.15) is 13.2 Å². The fourth-order valence-electron chi connectivity index (χ4n) is 9.89. The smallest absolute Gasteiger partial charge is 0.306 e. The first-order valence-electron chi connectivity index (χ1n) is 34.7. The average molecular weight is 1130 g/mol. The van der Waals surface area contributed by atoms with Gasteiger partial charge in [0.15, 0.2) is 6.10 Å². The topological polar surface area (TPSA) is 78.9 Å². The predicted molar refractivity (Wildman–Crippen MR) is 353 cm³/mol. The summed E-state index contributed by atoms with van der Waals surface area (Å²) in [6, 6.07) is 0. The first kappa shape index (κ1) is 77.3. The largest absolute Gasteiger partial charge is 0.462 e. The van der Waals surface area contributed by atoms with Crippen LogP contribution in [0.2, 0.25) is 0 Å². The molecule has 0 aliphatic carbocycles. The number of esters is 3. The van der Waals surface area contributed by atoms with Crippen molar-refractivity contribution in [2.45, 2.75) is 348 Å².